The first-order chi connectivity index (χ1) is 14.4. The van der Waals surface area contributed by atoms with Crippen LogP contribution in [-0.2, 0) is 21.4 Å². The minimum atomic E-state index is -3.73. The Balaban J connectivity index is 1.75. The minimum absolute atomic E-state index is 0.189. The average molecular weight is 435 g/mol. The van der Waals surface area contributed by atoms with Gasteiger partial charge in [-0.25, -0.2) is 8.42 Å². The Labute approximate surface area is 176 Å². The van der Waals surface area contributed by atoms with E-state index >= 15 is 0 Å². The number of ether oxygens (including phenoxy) is 3. The molecule has 8 nitrogen and oxygen atoms in total. The molecule has 0 spiro atoms. The molecule has 0 bridgehead atoms. The monoisotopic (exact) mass is 434 g/mol. The SMILES string of the molecule is COc1cc(CNC(=O)[C@@H]2CCCN2S(=O)(=O)c2ccccc2)cc(OC)c1OC. The Hall–Kier alpha value is -2.78. The highest BCUT2D eigenvalue weighted by Crippen LogP contribution is 2.38. The van der Waals surface area contributed by atoms with Crippen LogP contribution in [0, 0.1) is 0 Å². The molecule has 0 radical (unpaired) electrons. The third-order valence-electron chi connectivity index (χ3n) is 5.05. The fourth-order valence-electron chi connectivity index (χ4n) is 3.56. The summed E-state index contributed by atoms with van der Waals surface area (Å²) in [6.07, 6.45) is 1.11. The molecular weight excluding hydrogens is 408 g/mol. The molecule has 0 aliphatic carbocycles. The summed E-state index contributed by atoms with van der Waals surface area (Å²) in [6, 6.07) is 10.9. The lowest BCUT2D eigenvalue weighted by molar-refractivity contribution is -0.124. The Morgan fingerprint density at radius 2 is 1.70 bits per heavy atom. The van der Waals surface area contributed by atoms with Crippen molar-refractivity contribution in [3.05, 3.63) is 48.0 Å². The predicted molar refractivity (Wildman–Crippen MR) is 111 cm³/mol. The Kier molecular flexibility index (Phi) is 6.84. The van der Waals surface area contributed by atoms with Gasteiger partial charge in [-0.05, 0) is 42.7 Å². The molecule has 1 atom stereocenters. The average Bonchev–Trinajstić information content (AvgIpc) is 3.28. The van der Waals surface area contributed by atoms with Crippen molar-refractivity contribution in [3.63, 3.8) is 0 Å². The van der Waals surface area contributed by atoms with Gasteiger partial charge in [-0.3, -0.25) is 4.79 Å². The van der Waals surface area contributed by atoms with Crippen LogP contribution in [0.4, 0.5) is 0 Å². The number of carbonyl (C=O) groups is 1. The molecule has 1 aliphatic rings. The number of nitrogens with zero attached hydrogens (tertiary/aromatic N) is 1. The van der Waals surface area contributed by atoms with Gasteiger partial charge in [-0.15, -0.1) is 0 Å². The second-order valence-electron chi connectivity index (χ2n) is 6.84. The van der Waals surface area contributed by atoms with E-state index in [1.807, 2.05) is 0 Å². The number of amides is 1. The van der Waals surface area contributed by atoms with Gasteiger partial charge in [-0.1, -0.05) is 18.2 Å². The number of rotatable bonds is 8. The summed E-state index contributed by atoms with van der Waals surface area (Å²) in [5.74, 6) is 1.09. The number of methoxy groups -OCH3 is 3. The van der Waals surface area contributed by atoms with Crippen LogP contribution >= 0.6 is 0 Å². The van der Waals surface area contributed by atoms with E-state index in [1.165, 1.54) is 25.6 Å². The van der Waals surface area contributed by atoms with Gasteiger partial charge >= 0.3 is 0 Å². The first kappa shape index (κ1) is 21.9. The molecule has 30 heavy (non-hydrogen) atoms. The number of carbonyl (C=O) groups excluding carboxylic acids is 1. The molecular formula is C21H26N2O6S. The van der Waals surface area contributed by atoms with E-state index in [1.54, 1.807) is 42.5 Å². The molecule has 9 heteroatoms. The standard InChI is InChI=1S/C21H26N2O6S/c1-27-18-12-15(13-19(28-2)20(18)29-3)14-22-21(24)17-10-7-11-23(17)30(25,26)16-8-5-4-6-9-16/h4-6,8-9,12-13,17H,7,10-11,14H2,1-3H3,(H,22,24)/t17-/m0/s1. The van der Waals surface area contributed by atoms with Crippen LogP contribution in [0.2, 0.25) is 0 Å². The van der Waals surface area contributed by atoms with E-state index in [0.717, 1.165) is 5.56 Å². The normalized spacial score (nSPS) is 16.8. The maximum Gasteiger partial charge on any atom is 0.243 e. The lowest BCUT2D eigenvalue weighted by atomic mass is 10.1. The second-order valence-corrected chi connectivity index (χ2v) is 8.73. The number of nitrogens with one attached hydrogen (secondary N) is 1. The third kappa shape index (κ3) is 4.36. The van der Waals surface area contributed by atoms with Crippen LogP contribution in [0.1, 0.15) is 18.4 Å². The molecule has 1 saturated heterocycles. The fourth-order valence-corrected chi connectivity index (χ4v) is 5.24. The topological polar surface area (TPSA) is 94.2 Å². The summed E-state index contributed by atoms with van der Waals surface area (Å²) in [5, 5.41) is 2.84. The van der Waals surface area contributed by atoms with Gasteiger partial charge in [0.15, 0.2) is 11.5 Å². The minimum Gasteiger partial charge on any atom is -0.493 e. The quantitative estimate of drug-likeness (QED) is 0.685. The van der Waals surface area contributed by atoms with Crippen LogP contribution < -0.4 is 19.5 Å². The Morgan fingerprint density at radius 1 is 1.07 bits per heavy atom. The van der Waals surface area contributed by atoms with E-state index < -0.39 is 16.1 Å². The molecule has 162 valence electrons. The molecule has 1 N–H and O–H groups in total. The highest BCUT2D eigenvalue weighted by atomic mass is 32.2. The molecule has 1 aliphatic heterocycles. The molecule has 1 fully saturated rings. The molecule has 2 aromatic rings. The highest BCUT2D eigenvalue weighted by Gasteiger charge is 2.39. The van der Waals surface area contributed by atoms with Crippen LogP contribution in [0.5, 0.6) is 17.2 Å². The molecule has 0 aromatic heterocycles. The Morgan fingerprint density at radius 3 is 2.27 bits per heavy atom. The largest absolute Gasteiger partial charge is 0.493 e. The first-order valence-electron chi connectivity index (χ1n) is 9.56. The van der Waals surface area contributed by atoms with Crippen molar-refractivity contribution >= 4 is 15.9 Å². The molecule has 1 amide bonds. The summed E-state index contributed by atoms with van der Waals surface area (Å²) in [5.41, 5.74) is 0.744. The van der Waals surface area contributed by atoms with Gasteiger partial charge in [0.25, 0.3) is 0 Å². The van der Waals surface area contributed by atoms with E-state index in [4.69, 9.17) is 14.2 Å². The number of sulfonamides is 1. The lowest BCUT2D eigenvalue weighted by Crippen LogP contribution is -2.45. The van der Waals surface area contributed by atoms with Crippen LogP contribution in [0.25, 0.3) is 0 Å². The highest BCUT2D eigenvalue weighted by molar-refractivity contribution is 7.89. The maximum absolute atomic E-state index is 13.0. The smallest absolute Gasteiger partial charge is 0.243 e. The summed E-state index contributed by atoms with van der Waals surface area (Å²) in [4.78, 5) is 13.0. The van der Waals surface area contributed by atoms with Crippen LogP contribution in [0.15, 0.2) is 47.4 Å². The van der Waals surface area contributed by atoms with Crippen molar-refractivity contribution in [1.82, 2.24) is 9.62 Å². The molecule has 1 heterocycles. The Bertz CT molecular complexity index is 969. The van der Waals surface area contributed by atoms with Crippen molar-refractivity contribution in [1.29, 1.82) is 0 Å². The summed E-state index contributed by atoms with van der Waals surface area (Å²) >= 11 is 0. The zero-order chi connectivity index (χ0) is 21.7. The van der Waals surface area contributed by atoms with Gasteiger partial charge in [0.05, 0.1) is 26.2 Å². The zero-order valence-electron chi connectivity index (χ0n) is 17.3. The van der Waals surface area contributed by atoms with E-state index in [2.05, 4.69) is 5.32 Å². The first-order valence-corrected chi connectivity index (χ1v) is 11.0. The predicted octanol–water partition coefficient (Wildman–Crippen LogP) is 2.18. The van der Waals surface area contributed by atoms with Crippen molar-refractivity contribution in [2.24, 2.45) is 0 Å². The van der Waals surface area contributed by atoms with Gasteiger partial charge in [0, 0.05) is 13.1 Å². The second kappa shape index (κ2) is 9.36. The summed E-state index contributed by atoms with van der Waals surface area (Å²) < 4.78 is 43.2. The number of hydrogen-bond donors (Lipinski definition) is 1. The molecule has 2 aromatic carbocycles. The van der Waals surface area contributed by atoms with Gasteiger partial charge in [0.1, 0.15) is 6.04 Å². The third-order valence-corrected chi connectivity index (χ3v) is 6.97. The van der Waals surface area contributed by atoms with E-state index in [0.29, 0.717) is 36.6 Å². The zero-order valence-corrected chi connectivity index (χ0v) is 18.1. The van der Waals surface area contributed by atoms with Crippen LogP contribution in [0.3, 0.4) is 0 Å². The van der Waals surface area contributed by atoms with E-state index in [9.17, 15) is 13.2 Å². The summed E-state index contributed by atoms with van der Waals surface area (Å²) in [7, 11) is 0.824. The van der Waals surface area contributed by atoms with Crippen LogP contribution in [-0.4, -0.2) is 52.5 Å². The molecule has 3 rings (SSSR count). The van der Waals surface area contributed by atoms with Gasteiger partial charge < -0.3 is 19.5 Å². The fraction of sp³-hybridized carbons (Fsp3) is 0.381. The molecule has 0 saturated carbocycles. The number of benzene rings is 2. The van der Waals surface area contributed by atoms with Gasteiger partial charge in [-0.2, -0.15) is 4.31 Å². The number of hydrogen-bond acceptors (Lipinski definition) is 6. The van der Waals surface area contributed by atoms with Crippen molar-refractivity contribution in [3.8, 4) is 17.2 Å². The van der Waals surface area contributed by atoms with Crippen molar-refractivity contribution in [2.75, 3.05) is 27.9 Å². The lowest BCUT2D eigenvalue weighted by Gasteiger charge is -2.23. The van der Waals surface area contributed by atoms with Crippen molar-refractivity contribution in [2.45, 2.75) is 30.3 Å². The molecule has 0 unspecified atom stereocenters. The maximum atomic E-state index is 13.0. The summed E-state index contributed by atoms with van der Waals surface area (Å²) in [6.45, 7) is 0.519. The van der Waals surface area contributed by atoms with Crippen molar-refractivity contribution < 1.29 is 27.4 Å². The van der Waals surface area contributed by atoms with Gasteiger partial charge in [0.2, 0.25) is 21.7 Å². The van der Waals surface area contributed by atoms with E-state index in [-0.39, 0.29) is 17.3 Å².